The molecular formula is C35H47Cl2N15O8S2. The van der Waals surface area contributed by atoms with Crippen molar-refractivity contribution in [2.24, 2.45) is 5.16 Å². The number of carbonyl (C=O) groups excluding carboxylic acids is 2. The Morgan fingerprint density at radius 1 is 0.887 bits per heavy atom. The Morgan fingerprint density at radius 3 is 1.74 bits per heavy atom. The van der Waals surface area contributed by atoms with Gasteiger partial charge in [0.2, 0.25) is 5.60 Å². The number of benzene rings is 2. The Bertz CT molecular complexity index is 2160. The Labute approximate surface area is 370 Å². The number of thiazole rings is 1. The minimum absolute atomic E-state index is 0.00148. The molecule has 2 amide bonds. The van der Waals surface area contributed by atoms with Gasteiger partial charge in [-0.3, -0.25) is 46.4 Å². The molecule has 15 N–H and O–H groups in total. The lowest BCUT2D eigenvalue weighted by atomic mass is 10.0. The number of oxime groups is 1. The number of carboxylic acids is 1. The largest absolute Gasteiger partial charge is 0.478 e. The Morgan fingerprint density at radius 2 is 1.35 bits per heavy atom. The van der Waals surface area contributed by atoms with Crippen molar-refractivity contribution in [2.75, 3.05) is 29.5 Å². The maximum absolute atomic E-state index is 12.6. The Balaban J connectivity index is 0.000000336. The first-order valence-corrected chi connectivity index (χ1v) is 21.3. The number of halogens is 2. The summed E-state index contributed by atoms with van der Waals surface area (Å²) in [6.07, 6.45) is 3.70. The summed E-state index contributed by atoms with van der Waals surface area (Å²) < 4.78 is 31.4. The molecule has 0 spiro atoms. The summed E-state index contributed by atoms with van der Waals surface area (Å²) in [4.78, 5) is 44.4. The lowest BCUT2D eigenvalue weighted by Crippen LogP contribution is -2.71. The van der Waals surface area contributed by atoms with Gasteiger partial charge < -0.3 is 42.3 Å². The number of nitrogens with zero attached hydrogens (tertiary/aromatic N) is 3. The number of hydrogen-bond donors (Lipinski definition) is 14. The summed E-state index contributed by atoms with van der Waals surface area (Å²) in [5.41, 5.74) is 4.68. The van der Waals surface area contributed by atoms with Crippen LogP contribution in [0.5, 0.6) is 0 Å². The first-order valence-electron chi connectivity index (χ1n) is 18.3. The molecule has 1 fully saturated rings. The van der Waals surface area contributed by atoms with Gasteiger partial charge >= 0.3 is 16.3 Å². The van der Waals surface area contributed by atoms with Gasteiger partial charge in [-0.1, -0.05) is 41.2 Å². The summed E-state index contributed by atoms with van der Waals surface area (Å²) in [6, 6.07) is 11.6. The van der Waals surface area contributed by atoms with E-state index in [0.29, 0.717) is 34.5 Å². The number of nitrogens with two attached hydrogens (primary N) is 1. The van der Waals surface area contributed by atoms with Crippen molar-refractivity contribution in [2.45, 2.75) is 64.1 Å². The first-order chi connectivity index (χ1) is 29.1. The number of aromatic nitrogens is 1. The van der Waals surface area contributed by atoms with Crippen LogP contribution in [-0.2, 0) is 29.5 Å². The van der Waals surface area contributed by atoms with Crippen LogP contribution in [0, 0.1) is 21.6 Å². The van der Waals surface area contributed by atoms with Gasteiger partial charge in [-0.05, 0) is 82.1 Å². The maximum Gasteiger partial charge on any atom is 0.362 e. The maximum atomic E-state index is 12.6. The molecule has 336 valence electrons. The Kier molecular flexibility index (Phi) is 18.6. The van der Waals surface area contributed by atoms with Crippen molar-refractivity contribution in [3.63, 3.8) is 0 Å². The second-order valence-electron chi connectivity index (χ2n) is 13.5. The van der Waals surface area contributed by atoms with Gasteiger partial charge in [0.25, 0.3) is 11.8 Å². The molecule has 0 radical (unpaired) electrons. The number of amides is 2. The van der Waals surface area contributed by atoms with Crippen molar-refractivity contribution < 1.29 is 37.3 Å². The molecule has 4 rings (SSSR count). The van der Waals surface area contributed by atoms with Crippen LogP contribution in [0.3, 0.4) is 0 Å². The minimum Gasteiger partial charge on any atom is -0.478 e. The SMILES string of the molecule is C[C@H]1[C@H](NC(=O)/C(=N\OC(C)(C)C(=O)O)c2csc(N)n2)C(=O)N1S(=O)(=O)O.N=C(NCCCCCCNC(=N)NC(=N)Nc1ccc(Cl)cc1)NC(=N)Nc1ccc(Cl)cc1. The molecule has 0 saturated carbocycles. The van der Waals surface area contributed by atoms with Gasteiger partial charge in [0.15, 0.2) is 34.7 Å². The molecule has 2 heterocycles. The smallest absolute Gasteiger partial charge is 0.362 e. The summed E-state index contributed by atoms with van der Waals surface area (Å²) in [7, 11) is -4.76. The number of nitrogen functional groups attached to an aromatic ring is 1. The van der Waals surface area contributed by atoms with Gasteiger partial charge in [-0.15, -0.1) is 11.3 Å². The summed E-state index contributed by atoms with van der Waals surface area (Å²) in [6.45, 7) is 4.94. The number of rotatable bonds is 16. The second kappa shape index (κ2) is 23.1. The van der Waals surface area contributed by atoms with Gasteiger partial charge in [-0.25, -0.2) is 14.1 Å². The number of β-lactam (4-membered cyclic amide) rings is 1. The number of aliphatic carboxylic acids is 1. The fraction of sp³-hybridized carbons (Fsp3) is 0.343. The van der Waals surface area contributed by atoms with Crippen molar-refractivity contribution in [3.8, 4) is 0 Å². The van der Waals surface area contributed by atoms with Crippen LogP contribution in [0.25, 0.3) is 0 Å². The van der Waals surface area contributed by atoms with E-state index in [1.165, 1.54) is 26.2 Å². The summed E-state index contributed by atoms with van der Waals surface area (Å²) >= 11 is 12.6. The first kappa shape index (κ1) is 50.1. The van der Waals surface area contributed by atoms with E-state index >= 15 is 0 Å². The van der Waals surface area contributed by atoms with E-state index in [1.807, 2.05) is 0 Å². The predicted octanol–water partition coefficient (Wildman–Crippen LogP) is 3.00. The monoisotopic (exact) mass is 939 g/mol. The van der Waals surface area contributed by atoms with Crippen LogP contribution >= 0.6 is 34.5 Å². The normalized spacial score (nSPS) is 14.8. The molecule has 23 nitrogen and oxygen atoms in total. The zero-order valence-corrected chi connectivity index (χ0v) is 36.6. The molecule has 3 aromatic rings. The number of guanidine groups is 4. The van der Waals surface area contributed by atoms with Gasteiger partial charge in [0.05, 0.1) is 6.04 Å². The highest BCUT2D eigenvalue weighted by atomic mass is 35.5. The van der Waals surface area contributed by atoms with Gasteiger partial charge in [-0.2, -0.15) is 8.42 Å². The highest BCUT2D eigenvalue weighted by molar-refractivity contribution is 7.84. The minimum atomic E-state index is -4.76. The molecule has 1 aliphatic heterocycles. The van der Waals surface area contributed by atoms with E-state index in [1.54, 1.807) is 48.5 Å². The standard InChI is InChI=1S/C22H30Cl2N10.C13H17N5O8S2/c23-15-5-9-17(10-6-15)31-21(27)33-19(25)29-13-3-1-2-4-14-30-20(26)34-22(28)32-18-11-7-16(24)8-12-18;1-5-7(10(20)18(5)28(23,24)25)16-9(19)8(6-4-27-12(14)15-6)17-26-13(2,3)11(21)22/h5-12H,1-4,13-14H2,(H5,25,27,29,31,33)(H5,26,28,30,32,34);4-5,7H,1-3H3,(H2,14,15)(H,16,19)(H,21,22)(H,23,24,25)/b;17-8-/t;5-,7-/m.0/s1. The van der Waals surface area contributed by atoms with E-state index in [-0.39, 0.29) is 39.0 Å². The number of unbranched alkanes of at least 4 members (excludes halogenated alkanes) is 3. The lowest BCUT2D eigenvalue weighted by molar-refractivity contribution is -0.161. The quantitative estimate of drug-likeness (QED) is 0.0245. The zero-order chi connectivity index (χ0) is 46.2. The second-order valence-corrected chi connectivity index (χ2v) is 16.6. The van der Waals surface area contributed by atoms with Crippen LogP contribution in [-0.4, -0.2) is 105 Å². The average molecular weight is 941 g/mol. The average Bonchev–Trinajstić information content (AvgIpc) is 3.61. The van der Waals surface area contributed by atoms with E-state index in [4.69, 9.17) is 65.1 Å². The summed E-state index contributed by atoms with van der Waals surface area (Å²) in [5.74, 6) is -3.26. The van der Waals surface area contributed by atoms with E-state index in [9.17, 15) is 22.8 Å². The zero-order valence-electron chi connectivity index (χ0n) is 33.4. The van der Waals surface area contributed by atoms with E-state index in [2.05, 4.69) is 47.4 Å². The predicted molar refractivity (Wildman–Crippen MR) is 237 cm³/mol. The number of nitrogens with one attached hydrogen (secondary N) is 11. The van der Waals surface area contributed by atoms with Crippen LogP contribution in [0.2, 0.25) is 10.0 Å². The molecule has 0 aliphatic carbocycles. The van der Waals surface area contributed by atoms with Gasteiger partial charge in [0.1, 0.15) is 11.7 Å². The molecule has 27 heteroatoms. The third-order valence-electron chi connectivity index (χ3n) is 8.16. The number of carbonyl (C=O) groups is 3. The Hall–Kier alpha value is -6.28. The van der Waals surface area contributed by atoms with Crippen molar-refractivity contribution in [3.05, 3.63) is 69.7 Å². The van der Waals surface area contributed by atoms with Gasteiger partial charge in [0, 0.05) is 39.9 Å². The molecule has 1 saturated heterocycles. The fourth-order valence-electron chi connectivity index (χ4n) is 4.90. The molecule has 2 atom stereocenters. The molecule has 0 bridgehead atoms. The topological polar surface area (TPSA) is 369 Å². The van der Waals surface area contributed by atoms with Crippen molar-refractivity contribution >= 4 is 109 Å². The molecule has 62 heavy (non-hydrogen) atoms. The van der Waals surface area contributed by atoms with Crippen LogP contribution in [0.4, 0.5) is 16.5 Å². The fourth-order valence-corrected chi connectivity index (χ4v) is 6.58. The highest BCUT2D eigenvalue weighted by Crippen LogP contribution is 2.23. The lowest BCUT2D eigenvalue weighted by Gasteiger charge is -2.42. The molecule has 1 aromatic heterocycles. The van der Waals surface area contributed by atoms with Crippen molar-refractivity contribution in [1.82, 2.24) is 35.9 Å². The molecule has 1 aliphatic rings. The molecule has 2 aromatic carbocycles. The van der Waals surface area contributed by atoms with Crippen LogP contribution in [0.15, 0.2) is 59.1 Å². The number of anilines is 3. The number of carboxylic acid groups (broad SMARTS) is 1. The molecular weight excluding hydrogens is 894 g/mol. The van der Waals surface area contributed by atoms with Crippen molar-refractivity contribution in [1.29, 1.82) is 21.6 Å². The van der Waals surface area contributed by atoms with Crippen LogP contribution < -0.4 is 43.0 Å². The third kappa shape index (κ3) is 16.3. The summed E-state index contributed by atoms with van der Waals surface area (Å²) in [5, 5.41) is 65.8. The van der Waals surface area contributed by atoms with Crippen LogP contribution in [0.1, 0.15) is 52.1 Å². The molecule has 0 unspecified atom stereocenters. The highest BCUT2D eigenvalue weighted by Gasteiger charge is 2.51. The number of hydrogen-bond acceptors (Lipinski definition) is 14. The van der Waals surface area contributed by atoms with E-state index in [0.717, 1.165) is 37.0 Å². The third-order valence-corrected chi connectivity index (χ3v) is 10.4. The van der Waals surface area contributed by atoms with E-state index < -0.39 is 51.5 Å².